The monoisotopic (exact) mass is 403 g/mol. The van der Waals surface area contributed by atoms with Crippen LogP contribution in [0.3, 0.4) is 0 Å². The normalized spacial score (nSPS) is 15.2. The minimum Gasteiger partial charge on any atom is -0.486 e. The summed E-state index contributed by atoms with van der Waals surface area (Å²) in [6, 6.07) is 13.7. The second-order valence-corrected chi connectivity index (χ2v) is 7.91. The summed E-state index contributed by atoms with van der Waals surface area (Å²) in [5.41, 5.74) is 2.17. The van der Waals surface area contributed by atoms with Crippen molar-refractivity contribution < 1.29 is 19.6 Å². The lowest BCUT2D eigenvalue weighted by molar-refractivity contribution is -0.682. The van der Waals surface area contributed by atoms with E-state index in [1.165, 1.54) is 0 Å². The highest BCUT2D eigenvalue weighted by Crippen LogP contribution is 2.34. The third kappa shape index (κ3) is 5.18. The number of ether oxygens (including phenoxy) is 2. The van der Waals surface area contributed by atoms with Gasteiger partial charge in [-0.15, -0.1) is 0 Å². The predicted octanol–water partition coefficient (Wildman–Crippen LogP) is 3.25. The van der Waals surface area contributed by atoms with Crippen molar-refractivity contribution in [2.45, 2.75) is 32.9 Å². The van der Waals surface area contributed by atoms with Crippen molar-refractivity contribution in [1.82, 2.24) is 5.32 Å². The largest absolute Gasteiger partial charge is 0.486 e. The van der Waals surface area contributed by atoms with Crippen molar-refractivity contribution in [3.63, 3.8) is 0 Å². The number of rotatable bonds is 7. The van der Waals surface area contributed by atoms with E-state index in [9.17, 15) is 4.79 Å². The van der Waals surface area contributed by atoms with E-state index in [4.69, 9.17) is 21.1 Å². The molecule has 2 atom stereocenters. The number of halogens is 1. The zero-order valence-corrected chi connectivity index (χ0v) is 17.3. The number of benzene rings is 2. The molecule has 0 saturated carbocycles. The zero-order valence-electron chi connectivity index (χ0n) is 16.6. The van der Waals surface area contributed by atoms with Gasteiger partial charge in [-0.25, -0.2) is 0 Å². The van der Waals surface area contributed by atoms with Gasteiger partial charge in [-0.1, -0.05) is 43.6 Å². The van der Waals surface area contributed by atoms with Gasteiger partial charge in [0.05, 0.1) is 6.04 Å². The van der Waals surface area contributed by atoms with Gasteiger partial charge < -0.3 is 20.1 Å². The number of carbonyl (C=O) groups excluding carboxylic acids is 1. The average Bonchev–Trinajstić information content (AvgIpc) is 2.70. The summed E-state index contributed by atoms with van der Waals surface area (Å²) in [6.07, 6.45) is 0. The lowest BCUT2D eigenvalue weighted by Crippen LogP contribution is -2.87. The molecule has 6 heteroatoms. The predicted molar refractivity (Wildman–Crippen MR) is 110 cm³/mol. The van der Waals surface area contributed by atoms with E-state index in [2.05, 4.69) is 26.1 Å². The molecule has 0 aliphatic carbocycles. The Morgan fingerprint density at radius 2 is 1.68 bits per heavy atom. The molecule has 1 aliphatic heterocycles. The van der Waals surface area contributed by atoms with Crippen molar-refractivity contribution in [2.24, 2.45) is 5.92 Å². The fraction of sp³-hybridized carbons (Fsp3) is 0.409. The molecular weight excluding hydrogens is 376 g/mol. The van der Waals surface area contributed by atoms with Crippen LogP contribution in [0.1, 0.15) is 44.0 Å². The van der Waals surface area contributed by atoms with Crippen LogP contribution in [0.5, 0.6) is 11.5 Å². The molecule has 1 heterocycles. The van der Waals surface area contributed by atoms with Crippen LogP contribution >= 0.6 is 11.6 Å². The van der Waals surface area contributed by atoms with Crippen LogP contribution in [-0.4, -0.2) is 25.7 Å². The number of nitrogens with one attached hydrogen (secondary N) is 1. The summed E-state index contributed by atoms with van der Waals surface area (Å²) >= 11 is 5.94. The van der Waals surface area contributed by atoms with Crippen molar-refractivity contribution in [3.05, 3.63) is 58.6 Å². The number of hydrogen-bond acceptors (Lipinski definition) is 3. The second-order valence-electron chi connectivity index (χ2n) is 7.47. The van der Waals surface area contributed by atoms with Crippen molar-refractivity contribution in [3.8, 4) is 11.5 Å². The second kappa shape index (κ2) is 9.30. The van der Waals surface area contributed by atoms with E-state index in [1.54, 1.807) is 0 Å². The van der Waals surface area contributed by atoms with Gasteiger partial charge in [-0.3, -0.25) is 4.79 Å². The molecule has 3 N–H and O–H groups in total. The number of quaternary nitrogens is 1. The number of carbonyl (C=O) groups is 1. The van der Waals surface area contributed by atoms with Crippen molar-refractivity contribution in [1.29, 1.82) is 0 Å². The highest BCUT2D eigenvalue weighted by molar-refractivity contribution is 6.30. The maximum atomic E-state index is 12.6. The Bertz CT molecular complexity index is 808. The van der Waals surface area contributed by atoms with Crippen LogP contribution in [0.15, 0.2) is 42.5 Å². The first-order chi connectivity index (χ1) is 13.4. The fourth-order valence-corrected chi connectivity index (χ4v) is 3.43. The molecule has 1 amide bonds. The van der Waals surface area contributed by atoms with E-state index in [0.717, 1.165) is 22.6 Å². The van der Waals surface area contributed by atoms with E-state index >= 15 is 0 Å². The highest BCUT2D eigenvalue weighted by atomic mass is 35.5. The molecule has 0 fully saturated rings. The van der Waals surface area contributed by atoms with Crippen LogP contribution in [0.2, 0.25) is 5.02 Å². The minimum absolute atomic E-state index is 0.00871. The minimum atomic E-state index is -0.0810. The summed E-state index contributed by atoms with van der Waals surface area (Å²) in [5, 5.41) is 5.91. The number of hydrogen-bond donors (Lipinski definition) is 2. The van der Waals surface area contributed by atoms with Crippen molar-refractivity contribution >= 4 is 17.5 Å². The molecule has 0 saturated heterocycles. The van der Waals surface area contributed by atoms with Gasteiger partial charge in [0.2, 0.25) is 0 Å². The Kier molecular flexibility index (Phi) is 6.81. The maximum Gasteiger partial charge on any atom is 0.275 e. The van der Waals surface area contributed by atoms with Gasteiger partial charge in [0.1, 0.15) is 19.3 Å². The van der Waals surface area contributed by atoms with E-state index < -0.39 is 0 Å². The summed E-state index contributed by atoms with van der Waals surface area (Å²) in [6.45, 7) is 7.75. The standard InChI is InChI=1S/C22H27ClN2O3/c1-14(2)22(17-6-9-19-20(12-17)28-11-10-27-19)25-21(26)13-24-15(3)16-4-7-18(23)8-5-16/h4-9,12,14-15,22,24H,10-11,13H2,1-3H3,(H,25,26)/p+1/t15-,22+/m1/s1. The highest BCUT2D eigenvalue weighted by Gasteiger charge is 2.22. The molecule has 3 rings (SSSR count). The first kappa shape index (κ1) is 20.5. The van der Waals surface area contributed by atoms with E-state index in [1.807, 2.05) is 47.8 Å². The Morgan fingerprint density at radius 3 is 2.36 bits per heavy atom. The molecule has 0 bridgehead atoms. The van der Waals surface area contributed by atoms with Crippen LogP contribution < -0.4 is 20.1 Å². The Balaban J connectivity index is 1.60. The Labute approximate surface area is 171 Å². The quantitative estimate of drug-likeness (QED) is 0.745. The molecular formula is C22H28ClN2O3+. The molecule has 0 radical (unpaired) electrons. The lowest BCUT2D eigenvalue weighted by atomic mass is 9.95. The van der Waals surface area contributed by atoms with Gasteiger partial charge in [0.15, 0.2) is 18.0 Å². The smallest absolute Gasteiger partial charge is 0.275 e. The summed E-state index contributed by atoms with van der Waals surface area (Å²) in [7, 11) is 0. The van der Waals surface area contributed by atoms with Crippen LogP contribution in [-0.2, 0) is 4.79 Å². The molecule has 5 nitrogen and oxygen atoms in total. The molecule has 1 aliphatic rings. The number of nitrogens with two attached hydrogens (primary N) is 1. The average molecular weight is 404 g/mol. The summed E-state index contributed by atoms with van der Waals surface area (Å²) in [4.78, 5) is 12.6. The Hall–Kier alpha value is -2.24. The van der Waals surface area contributed by atoms with Gasteiger partial charge in [0.25, 0.3) is 5.91 Å². The number of amides is 1. The van der Waals surface area contributed by atoms with E-state index in [0.29, 0.717) is 24.8 Å². The molecule has 150 valence electrons. The lowest BCUT2D eigenvalue weighted by Gasteiger charge is -2.25. The maximum absolute atomic E-state index is 12.6. The Morgan fingerprint density at radius 1 is 1.04 bits per heavy atom. The third-order valence-corrected chi connectivity index (χ3v) is 5.21. The molecule has 0 unspecified atom stereocenters. The van der Waals surface area contributed by atoms with Crippen LogP contribution in [0, 0.1) is 5.92 Å². The summed E-state index contributed by atoms with van der Waals surface area (Å²) < 4.78 is 11.3. The van der Waals surface area contributed by atoms with Gasteiger partial charge in [-0.05, 0) is 42.7 Å². The van der Waals surface area contributed by atoms with Crippen molar-refractivity contribution in [2.75, 3.05) is 19.8 Å². The molecule has 0 aromatic heterocycles. The van der Waals surface area contributed by atoms with Gasteiger partial charge in [-0.2, -0.15) is 0 Å². The van der Waals surface area contributed by atoms with Crippen LogP contribution in [0.25, 0.3) is 0 Å². The topological polar surface area (TPSA) is 64.2 Å². The molecule has 0 spiro atoms. The molecule has 2 aromatic rings. The van der Waals surface area contributed by atoms with Gasteiger partial charge >= 0.3 is 0 Å². The van der Waals surface area contributed by atoms with Gasteiger partial charge in [0, 0.05) is 10.6 Å². The first-order valence-electron chi connectivity index (χ1n) is 9.71. The zero-order chi connectivity index (χ0) is 20.1. The number of fused-ring (bicyclic) bond motifs is 1. The summed E-state index contributed by atoms with van der Waals surface area (Å²) in [5.74, 6) is 1.76. The van der Waals surface area contributed by atoms with E-state index in [-0.39, 0.29) is 23.9 Å². The fourth-order valence-electron chi connectivity index (χ4n) is 3.31. The molecule has 2 aromatic carbocycles. The molecule has 28 heavy (non-hydrogen) atoms. The van der Waals surface area contributed by atoms with Crippen LogP contribution in [0.4, 0.5) is 0 Å². The first-order valence-corrected chi connectivity index (χ1v) is 10.1. The SMILES string of the molecule is CC(C)[C@H](NC(=O)C[NH2+][C@H](C)c1ccc(Cl)cc1)c1ccc2c(c1)OCCO2. The third-order valence-electron chi connectivity index (χ3n) is 4.96.